The Labute approximate surface area is 146 Å². The maximum Gasteiger partial charge on any atom is 0.313 e. The van der Waals surface area contributed by atoms with E-state index in [2.05, 4.69) is 9.88 Å². The summed E-state index contributed by atoms with van der Waals surface area (Å²) in [5.74, 6) is 0.178. The molecule has 1 saturated heterocycles. The first-order valence-corrected chi connectivity index (χ1v) is 8.16. The molecule has 2 aromatic rings. The Balaban J connectivity index is 1.87. The van der Waals surface area contributed by atoms with Crippen molar-refractivity contribution in [3.63, 3.8) is 0 Å². The lowest BCUT2D eigenvalue weighted by molar-refractivity contribution is -0.119. The molecule has 0 saturated carbocycles. The van der Waals surface area contributed by atoms with Gasteiger partial charge in [0.1, 0.15) is 0 Å². The number of rotatable bonds is 5. The first-order valence-electron chi connectivity index (χ1n) is 8.16. The van der Waals surface area contributed by atoms with Crippen LogP contribution in [0.15, 0.2) is 40.9 Å². The minimum atomic E-state index is -0.203. The SMILES string of the molecule is CN(C)/C(=C\N1CCN(C=O)CC1)c1nc(-c2ccccc2)oc1O. The second-order valence-electron chi connectivity index (χ2n) is 6.12. The molecule has 7 heteroatoms. The van der Waals surface area contributed by atoms with Crippen LogP contribution in [0.25, 0.3) is 17.2 Å². The van der Waals surface area contributed by atoms with E-state index in [0.29, 0.717) is 24.7 Å². The highest BCUT2D eigenvalue weighted by Crippen LogP contribution is 2.31. The molecule has 1 aromatic heterocycles. The number of amides is 1. The average molecular weight is 342 g/mol. The van der Waals surface area contributed by atoms with E-state index in [-0.39, 0.29) is 5.95 Å². The van der Waals surface area contributed by atoms with Gasteiger partial charge >= 0.3 is 5.95 Å². The average Bonchev–Trinajstić information content (AvgIpc) is 3.02. The van der Waals surface area contributed by atoms with Crippen LogP contribution in [-0.2, 0) is 4.79 Å². The summed E-state index contributed by atoms with van der Waals surface area (Å²) in [5, 5.41) is 10.3. The predicted molar refractivity (Wildman–Crippen MR) is 94.5 cm³/mol. The molecule has 0 aliphatic carbocycles. The zero-order valence-corrected chi connectivity index (χ0v) is 14.4. The van der Waals surface area contributed by atoms with E-state index in [1.165, 1.54) is 0 Å². The highest BCUT2D eigenvalue weighted by atomic mass is 16.5. The van der Waals surface area contributed by atoms with Crippen LogP contribution in [0.3, 0.4) is 0 Å². The third-order valence-corrected chi connectivity index (χ3v) is 4.16. The van der Waals surface area contributed by atoms with Crippen LogP contribution in [0.4, 0.5) is 0 Å². The van der Waals surface area contributed by atoms with Crippen molar-refractivity contribution in [2.24, 2.45) is 0 Å². The number of hydrogen-bond acceptors (Lipinski definition) is 6. The maximum atomic E-state index is 10.8. The van der Waals surface area contributed by atoms with Gasteiger partial charge in [-0.25, -0.2) is 4.98 Å². The molecule has 1 amide bonds. The molecular weight excluding hydrogens is 320 g/mol. The highest BCUT2D eigenvalue weighted by Gasteiger charge is 2.21. The Kier molecular flexibility index (Phi) is 4.92. The van der Waals surface area contributed by atoms with Gasteiger partial charge < -0.3 is 24.2 Å². The minimum absolute atomic E-state index is 0.203. The summed E-state index contributed by atoms with van der Waals surface area (Å²) in [7, 11) is 3.79. The van der Waals surface area contributed by atoms with Gasteiger partial charge in [-0.1, -0.05) is 18.2 Å². The van der Waals surface area contributed by atoms with Crippen LogP contribution >= 0.6 is 0 Å². The molecule has 1 aliphatic heterocycles. The van der Waals surface area contributed by atoms with E-state index < -0.39 is 0 Å². The van der Waals surface area contributed by atoms with Gasteiger partial charge in [-0.3, -0.25) is 4.79 Å². The molecule has 132 valence electrons. The standard InChI is InChI=1S/C18H22N4O3/c1-20(2)15(12-21-8-10-22(13-23)11-9-21)16-18(24)25-17(19-16)14-6-4-3-5-7-14/h3-7,12-13,24H,8-11H2,1-2H3/b15-12-. The summed E-state index contributed by atoms with van der Waals surface area (Å²) in [6.45, 7) is 2.84. The fourth-order valence-electron chi connectivity index (χ4n) is 2.72. The number of nitrogens with zero attached hydrogens (tertiary/aromatic N) is 4. The number of benzene rings is 1. The summed E-state index contributed by atoms with van der Waals surface area (Å²) < 4.78 is 5.46. The second kappa shape index (κ2) is 7.29. The quantitative estimate of drug-likeness (QED) is 0.834. The summed E-state index contributed by atoms with van der Waals surface area (Å²) in [4.78, 5) is 21.1. The van der Waals surface area contributed by atoms with Gasteiger partial charge in [0.2, 0.25) is 12.3 Å². The zero-order valence-electron chi connectivity index (χ0n) is 14.4. The summed E-state index contributed by atoms with van der Waals surface area (Å²) >= 11 is 0. The molecular formula is C18H22N4O3. The first-order chi connectivity index (χ1) is 12.1. The van der Waals surface area contributed by atoms with Gasteiger partial charge in [0.15, 0.2) is 5.69 Å². The number of aromatic nitrogens is 1. The molecule has 3 rings (SSSR count). The normalized spacial score (nSPS) is 15.4. The number of carbonyl (C=O) groups excluding carboxylic acids is 1. The van der Waals surface area contributed by atoms with Crippen LogP contribution < -0.4 is 0 Å². The van der Waals surface area contributed by atoms with Gasteiger partial charge in [-0.2, -0.15) is 0 Å². The zero-order chi connectivity index (χ0) is 17.8. The molecule has 0 spiro atoms. The molecule has 7 nitrogen and oxygen atoms in total. The molecule has 1 aromatic carbocycles. The van der Waals surface area contributed by atoms with Gasteiger partial charge in [-0.15, -0.1) is 0 Å². The van der Waals surface area contributed by atoms with E-state index in [1.807, 2.05) is 55.5 Å². The van der Waals surface area contributed by atoms with E-state index in [9.17, 15) is 9.90 Å². The molecule has 25 heavy (non-hydrogen) atoms. The lowest BCUT2D eigenvalue weighted by Gasteiger charge is -2.32. The monoisotopic (exact) mass is 342 g/mol. The Morgan fingerprint density at radius 2 is 1.80 bits per heavy atom. The maximum absolute atomic E-state index is 10.8. The number of hydrogen-bond donors (Lipinski definition) is 1. The number of carbonyl (C=O) groups is 1. The molecule has 0 atom stereocenters. The molecule has 1 fully saturated rings. The van der Waals surface area contributed by atoms with Crippen LogP contribution in [0.5, 0.6) is 5.95 Å². The fourth-order valence-corrected chi connectivity index (χ4v) is 2.72. The lowest BCUT2D eigenvalue weighted by atomic mass is 10.2. The summed E-state index contributed by atoms with van der Waals surface area (Å²) in [5.41, 5.74) is 1.96. The number of piperazine rings is 1. The van der Waals surface area contributed by atoms with Crippen LogP contribution in [0.2, 0.25) is 0 Å². The van der Waals surface area contributed by atoms with Crippen LogP contribution in [0, 0.1) is 0 Å². The van der Waals surface area contributed by atoms with Crippen molar-refractivity contribution in [1.29, 1.82) is 0 Å². The summed E-state index contributed by atoms with van der Waals surface area (Å²) in [6, 6.07) is 9.47. The Morgan fingerprint density at radius 3 is 2.40 bits per heavy atom. The van der Waals surface area contributed by atoms with Crippen molar-refractivity contribution in [3.8, 4) is 17.4 Å². The smallest absolute Gasteiger partial charge is 0.313 e. The molecule has 1 aliphatic rings. The number of aromatic hydroxyl groups is 1. The third-order valence-electron chi connectivity index (χ3n) is 4.16. The highest BCUT2D eigenvalue weighted by molar-refractivity contribution is 5.66. The molecule has 0 bridgehead atoms. The van der Waals surface area contributed by atoms with Crippen molar-refractivity contribution < 1.29 is 14.3 Å². The topological polar surface area (TPSA) is 73.0 Å². The first kappa shape index (κ1) is 16.9. The Hall–Kier alpha value is -2.96. The summed E-state index contributed by atoms with van der Waals surface area (Å²) in [6.07, 6.45) is 2.83. The minimum Gasteiger partial charge on any atom is -0.479 e. The van der Waals surface area contributed by atoms with E-state index in [4.69, 9.17) is 4.42 Å². The van der Waals surface area contributed by atoms with Crippen LogP contribution in [0.1, 0.15) is 5.69 Å². The van der Waals surface area contributed by atoms with Gasteiger partial charge in [-0.05, 0) is 12.1 Å². The Morgan fingerprint density at radius 1 is 1.16 bits per heavy atom. The van der Waals surface area contributed by atoms with Crippen molar-refractivity contribution in [2.75, 3.05) is 40.3 Å². The van der Waals surface area contributed by atoms with E-state index >= 15 is 0 Å². The van der Waals surface area contributed by atoms with Gasteiger partial charge in [0, 0.05) is 52.0 Å². The molecule has 0 radical (unpaired) electrons. The van der Waals surface area contributed by atoms with Crippen LogP contribution in [-0.4, -0.2) is 71.5 Å². The van der Waals surface area contributed by atoms with Crippen molar-refractivity contribution in [3.05, 3.63) is 42.2 Å². The van der Waals surface area contributed by atoms with Crippen molar-refractivity contribution >= 4 is 12.1 Å². The van der Waals surface area contributed by atoms with E-state index in [0.717, 1.165) is 30.8 Å². The van der Waals surface area contributed by atoms with Gasteiger partial charge in [0.05, 0.1) is 5.70 Å². The third kappa shape index (κ3) is 3.76. The Bertz CT molecular complexity index is 747. The molecule has 0 unspecified atom stereocenters. The van der Waals surface area contributed by atoms with Gasteiger partial charge in [0.25, 0.3) is 0 Å². The second-order valence-corrected chi connectivity index (χ2v) is 6.12. The van der Waals surface area contributed by atoms with Crippen molar-refractivity contribution in [2.45, 2.75) is 0 Å². The largest absolute Gasteiger partial charge is 0.479 e. The lowest BCUT2D eigenvalue weighted by Crippen LogP contribution is -2.43. The number of oxazole rings is 1. The predicted octanol–water partition coefficient (Wildman–Crippen LogP) is 1.68. The molecule has 2 heterocycles. The van der Waals surface area contributed by atoms with Crippen molar-refractivity contribution in [1.82, 2.24) is 19.7 Å². The van der Waals surface area contributed by atoms with E-state index in [1.54, 1.807) is 4.90 Å². The fraction of sp³-hybridized carbons (Fsp3) is 0.333. The molecule has 1 N–H and O–H groups in total.